The minimum Gasteiger partial charge on any atom is -0.454 e. The van der Waals surface area contributed by atoms with Crippen molar-refractivity contribution in [1.29, 1.82) is 0 Å². The summed E-state index contributed by atoms with van der Waals surface area (Å²) in [5.41, 5.74) is 6.65. The van der Waals surface area contributed by atoms with Crippen molar-refractivity contribution in [2.24, 2.45) is 17.6 Å². The number of hydrogen-bond acceptors (Lipinski definition) is 2. The largest absolute Gasteiger partial charge is 0.454 e. The summed E-state index contributed by atoms with van der Waals surface area (Å²) in [6.07, 6.45) is 6.79. The molecule has 4 heteroatoms. The molecule has 0 aromatic heterocycles. The molecule has 1 unspecified atom stereocenters. The average molecular weight is 339 g/mol. The van der Waals surface area contributed by atoms with E-state index in [9.17, 15) is 9.18 Å². The van der Waals surface area contributed by atoms with Crippen molar-refractivity contribution in [3.63, 3.8) is 0 Å². The number of rotatable bonds is 4. The van der Waals surface area contributed by atoms with Crippen molar-refractivity contribution in [1.82, 2.24) is 0 Å². The molecule has 2 N–H and O–H groups in total. The van der Waals surface area contributed by atoms with Gasteiger partial charge in [0.05, 0.1) is 0 Å². The summed E-state index contributed by atoms with van der Waals surface area (Å²) in [4.78, 5) is 11.1. The van der Waals surface area contributed by atoms with Crippen molar-refractivity contribution in [3.8, 4) is 11.5 Å². The predicted octanol–water partition coefficient (Wildman–Crippen LogP) is 5.01. The summed E-state index contributed by atoms with van der Waals surface area (Å²) < 4.78 is 19.7. The molecule has 3 aliphatic carbocycles. The summed E-state index contributed by atoms with van der Waals surface area (Å²) >= 11 is 0. The summed E-state index contributed by atoms with van der Waals surface area (Å²) in [6, 6.07) is 12.0. The molecule has 2 bridgehead atoms. The van der Waals surface area contributed by atoms with E-state index in [0.717, 1.165) is 17.9 Å². The van der Waals surface area contributed by atoms with Gasteiger partial charge >= 0.3 is 0 Å². The molecular weight excluding hydrogens is 317 g/mol. The van der Waals surface area contributed by atoms with E-state index in [1.807, 2.05) is 12.1 Å². The summed E-state index contributed by atoms with van der Waals surface area (Å²) in [6.45, 7) is 0. The van der Waals surface area contributed by atoms with Crippen LogP contribution in [0.1, 0.15) is 53.9 Å². The molecule has 0 aliphatic heterocycles. The molecule has 25 heavy (non-hydrogen) atoms. The Balaban J connectivity index is 1.48. The van der Waals surface area contributed by atoms with Crippen LogP contribution < -0.4 is 10.5 Å². The van der Waals surface area contributed by atoms with Crippen LogP contribution in [-0.4, -0.2) is 5.91 Å². The van der Waals surface area contributed by atoms with Crippen LogP contribution in [0.4, 0.5) is 4.39 Å². The van der Waals surface area contributed by atoms with Gasteiger partial charge in [-0.3, -0.25) is 4.79 Å². The van der Waals surface area contributed by atoms with Gasteiger partial charge in [0, 0.05) is 5.56 Å². The first-order valence-corrected chi connectivity index (χ1v) is 8.97. The van der Waals surface area contributed by atoms with Crippen LogP contribution in [-0.2, 0) is 0 Å². The van der Waals surface area contributed by atoms with Crippen molar-refractivity contribution < 1.29 is 13.9 Å². The minimum atomic E-state index is -0.656. The number of nitrogens with two attached hydrogens (primary N) is 1. The van der Waals surface area contributed by atoms with Gasteiger partial charge in [0.15, 0.2) is 11.6 Å². The molecule has 5 rings (SSSR count). The quantitative estimate of drug-likeness (QED) is 0.851. The fraction of sp³-hybridized carbons (Fsp3) is 0.381. The Labute approximate surface area is 147 Å². The number of carbonyl (C=O) groups excluding carboxylic acids is 1. The van der Waals surface area contributed by atoms with Gasteiger partial charge in [0.2, 0.25) is 5.91 Å². The number of halogens is 1. The average Bonchev–Trinajstić information content (AvgIpc) is 2.65. The molecule has 1 amide bonds. The zero-order chi connectivity index (χ0) is 17.4. The molecule has 0 heterocycles. The molecule has 3 nitrogen and oxygen atoms in total. The topological polar surface area (TPSA) is 52.3 Å². The second-order valence-electron chi connectivity index (χ2n) is 7.30. The molecule has 3 aliphatic rings. The molecule has 1 atom stereocenters. The van der Waals surface area contributed by atoms with Crippen molar-refractivity contribution in [2.45, 2.75) is 38.0 Å². The maximum atomic E-state index is 14.0. The minimum absolute atomic E-state index is 0.0921. The number of carbonyl (C=O) groups is 1. The Morgan fingerprint density at radius 3 is 2.32 bits per heavy atom. The highest BCUT2D eigenvalue weighted by molar-refractivity contribution is 5.92. The van der Waals surface area contributed by atoms with E-state index < -0.39 is 11.7 Å². The second kappa shape index (κ2) is 6.51. The number of amides is 1. The van der Waals surface area contributed by atoms with Crippen LogP contribution in [0.5, 0.6) is 11.5 Å². The van der Waals surface area contributed by atoms with Crippen LogP contribution in [0, 0.1) is 17.7 Å². The third-order valence-electron chi connectivity index (χ3n) is 5.80. The van der Waals surface area contributed by atoms with Crippen LogP contribution >= 0.6 is 0 Å². The van der Waals surface area contributed by atoms with E-state index in [4.69, 9.17) is 10.5 Å². The molecule has 0 spiro atoms. The molecule has 3 fully saturated rings. The number of ether oxygens (including phenoxy) is 1. The van der Waals surface area contributed by atoms with Gasteiger partial charge in [-0.1, -0.05) is 25.0 Å². The van der Waals surface area contributed by atoms with Crippen molar-refractivity contribution in [3.05, 3.63) is 59.4 Å². The van der Waals surface area contributed by atoms with E-state index in [2.05, 4.69) is 12.1 Å². The lowest BCUT2D eigenvalue weighted by molar-refractivity contribution is 0.1000. The fourth-order valence-corrected chi connectivity index (χ4v) is 4.43. The van der Waals surface area contributed by atoms with Gasteiger partial charge < -0.3 is 10.5 Å². The second-order valence-corrected chi connectivity index (χ2v) is 7.30. The van der Waals surface area contributed by atoms with Crippen LogP contribution in [0.3, 0.4) is 0 Å². The number of benzene rings is 2. The molecule has 3 saturated carbocycles. The van der Waals surface area contributed by atoms with Crippen LogP contribution in [0.25, 0.3) is 0 Å². The maximum absolute atomic E-state index is 14.0. The van der Waals surface area contributed by atoms with Crippen LogP contribution in [0.15, 0.2) is 42.5 Å². The Hall–Kier alpha value is -2.36. The Morgan fingerprint density at radius 1 is 1.04 bits per heavy atom. The number of primary amides is 1. The predicted molar refractivity (Wildman–Crippen MR) is 94.2 cm³/mol. The standard InChI is InChI=1S/C21H22FNO2/c22-19-12-16(21(23)24)7-10-20(19)25-17-8-5-15(6-9-17)18-11-13-1-3-14(18)4-2-13/h5-10,12-14,18H,1-4,11H2,(H2,23,24). The zero-order valence-corrected chi connectivity index (χ0v) is 14.1. The maximum Gasteiger partial charge on any atom is 0.248 e. The lowest BCUT2D eigenvalue weighted by Gasteiger charge is -2.42. The third kappa shape index (κ3) is 3.26. The van der Waals surface area contributed by atoms with Gasteiger partial charge in [-0.15, -0.1) is 0 Å². The van der Waals surface area contributed by atoms with Gasteiger partial charge in [-0.2, -0.15) is 0 Å². The Kier molecular flexibility index (Phi) is 4.20. The zero-order valence-electron chi connectivity index (χ0n) is 14.1. The molecule has 130 valence electrons. The van der Waals surface area contributed by atoms with Crippen LogP contribution in [0.2, 0.25) is 0 Å². The Morgan fingerprint density at radius 2 is 1.76 bits per heavy atom. The lowest BCUT2D eigenvalue weighted by Crippen LogP contribution is -2.29. The lowest BCUT2D eigenvalue weighted by atomic mass is 9.63. The van der Waals surface area contributed by atoms with E-state index >= 15 is 0 Å². The summed E-state index contributed by atoms with van der Waals surface area (Å²) in [7, 11) is 0. The first-order chi connectivity index (χ1) is 12.1. The number of fused-ring (bicyclic) bond motifs is 3. The normalized spacial score (nSPS) is 24.9. The first-order valence-electron chi connectivity index (χ1n) is 8.97. The van der Waals surface area contributed by atoms with E-state index in [1.165, 1.54) is 49.8 Å². The van der Waals surface area contributed by atoms with Gasteiger partial charge in [0.25, 0.3) is 0 Å². The summed E-state index contributed by atoms with van der Waals surface area (Å²) in [5, 5.41) is 0. The van der Waals surface area contributed by atoms with E-state index in [-0.39, 0.29) is 11.3 Å². The van der Waals surface area contributed by atoms with Crippen molar-refractivity contribution >= 4 is 5.91 Å². The molecule has 0 radical (unpaired) electrons. The Bertz CT molecular complexity index is 779. The fourth-order valence-electron chi connectivity index (χ4n) is 4.43. The smallest absolute Gasteiger partial charge is 0.248 e. The van der Waals surface area contributed by atoms with E-state index in [1.54, 1.807) is 0 Å². The molecule has 0 saturated heterocycles. The SMILES string of the molecule is NC(=O)c1ccc(Oc2ccc(C3CC4CCC3CC4)cc2)c(F)c1. The molecule has 2 aromatic carbocycles. The number of hydrogen-bond donors (Lipinski definition) is 1. The highest BCUT2D eigenvalue weighted by atomic mass is 19.1. The molecule has 2 aromatic rings. The van der Waals surface area contributed by atoms with Gasteiger partial charge in [-0.25, -0.2) is 4.39 Å². The third-order valence-corrected chi connectivity index (χ3v) is 5.80. The van der Waals surface area contributed by atoms with Crippen molar-refractivity contribution in [2.75, 3.05) is 0 Å². The highest BCUT2D eigenvalue weighted by Crippen LogP contribution is 2.49. The summed E-state index contributed by atoms with van der Waals surface area (Å²) in [5.74, 6) is 1.80. The first kappa shape index (κ1) is 16.1. The van der Waals surface area contributed by atoms with Gasteiger partial charge in [0.1, 0.15) is 5.75 Å². The highest BCUT2D eigenvalue weighted by Gasteiger charge is 2.36. The van der Waals surface area contributed by atoms with E-state index in [0.29, 0.717) is 11.7 Å². The monoisotopic (exact) mass is 339 g/mol. The van der Waals surface area contributed by atoms with Gasteiger partial charge in [-0.05, 0) is 72.9 Å². The molecular formula is C21H22FNO2.